The van der Waals surface area contributed by atoms with Crippen LogP contribution in [-0.2, 0) is 29.7 Å². The molecule has 0 amide bonds. The molecule has 2 aromatic rings. The molecule has 0 spiro atoms. The van der Waals surface area contributed by atoms with Crippen molar-refractivity contribution in [2.75, 3.05) is 13.1 Å². The smallest absolute Gasteiger partial charge is 0.274 e. The summed E-state index contributed by atoms with van der Waals surface area (Å²) in [6.07, 6.45) is -2.48. The second-order valence-corrected chi connectivity index (χ2v) is 9.07. The van der Waals surface area contributed by atoms with Crippen molar-refractivity contribution in [2.45, 2.75) is 49.7 Å². The summed E-state index contributed by atoms with van der Waals surface area (Å²) in [5, 5.41) is 3.45. The van der Waals surface area contributed by atoms with Crippen molar-refractivity contribution < 1.29 is 21.6 Å². The van der Waals surface area contributed by atoms with Crippen molar-refractivity contribution >= 4 is 10.0 Å². The number of rotatable bonds is 5. The lowest BCUT2D eigenvalue weighted by atomic mass is 10.1. The third-order valence-corrected chi connectivity index (χ3v) is 7.04. The summed E-state index contributed by atoms with van der Waals surface area (Å²) in [7, 11) is -2.67. The van der Waals surface area contributed by atoms with Gasteiger partial charge in [-0.2, -0.15) is 17.5 Å². The van der Waals surface area contributed by atoms with Crippen LogP contribution >= 0.6 is 0 Å². The average molecular weight is 432 g/mol. The van der Waals surface area contributed by atoms with Gasteiger partial charge in [0.25, 0.3) is 0 Å². The lowest BCUT2D eigenvalue weighted by Crippen LogP contribution is -2.41. The van der Waals surface area contributed by atoms with E-state index in [1.54, 1.807) is 24.3 Å². The maximum atomic E-state index is 13.0. The minimum Gasteiger partial charge on any atom is -0.274 e. The second kappa shape index (κ2) is 7.94. The molecule has 1 aromatic heterocycles. The summed E-state index contributed by atoms with van der Waals surface area (Å²) in [6, 6.07) is 6.14. The predicted octanol–water partition coefficient (Wildman–Crippen LogP) is 2.58. The van der Waals surface area contributed by atoms with Gasteiger partial charge in [-0.1, -0.05) is 25.5 Å². The quantitative estimate of drug-likeness (QED) is 0.728. The number of hydrogen-bond donors (Lipinski definition) is 0. The Morgan fingerprint density at radius 3 is 2.21 bits per heavy atom. The van der Waals surface area contributed by atoms with Crippen LogP contribution in [-0.4, -0.2) is 40.2 Å². The normalized spacial score (nSPS) is 17.0. The summed E-state index contributed by atoms with van der Waals surface area (Å²) < 4.78 is 67.2. The van der Waals surface area contributed by atoms with E-state index >= 15 is 0 Å². The van der Waals surface area contributed by atoms with Crippen molar-refractivity contribution in [3.05, 3.63) is 46.1 Å². The summed E-state index contributed by atoms with van der Waals surface area (Å²) in [6.45, 7) is 2.25. The molecule has 0 atom stereocenters. The van der Waals surface area contributed by atoms with Crippen molar-refractivity contribution in [1.82, 2.24) is 18.7 Å². The zero-order valence-corrected chi connectivity index (χ0v) is 17.0. The molecule has 0 saturated carbocycles. The third kappa shape index (κ3) is 4.25. The molecule has 0 unspecified atom stereocenters. The molecule has 7 nitrogen and oxygen atoms in total. The molecule has 0 radical (unpaired) electrons. The SMILES string of the molecule is CCCc1ccc(S(=O)(=O)N2CCC(n3nc(C(F)(F)F)n(C)c3=O)CC2)cc1. The van der Waals surface area contributed by atoms with Gasteiger partial charge in [-0.25, -0.2) is 17.9 Å². The van der Waals surface area contributed by atoms with Crippen LogP contribution < -0.4 is 5.69 Å². The summed E-state index contributed by atoms with van der Waals surface area (Å²) in [4.78, 5) is 12.3. The van der Waals surface area contributed by atoms with Gasteiger partial charge < -0.3 is 0 Å². The molecule has 1 aliphatic heterocycles. The Morgan fingerprint density at radius 1 is 1.14 bits per heavy atom. The summed E-state index contributed by atoms with van der Waals surface area (Å²) in [5.74, 6) is -1.26. The molecule has 2 heterocycles. The van der Waals surface area contributed by atoms with Crippen LogP contribution in [0.3, 0.4) is 0 Å². The standard InChI is InChI=1S/C18H23F3N4O3S/c1-3-4-13-5-7-15(8-6-13)29(27,28)24-11-9-14(10-12-24)25-17(26)23(2)16(22-25)18(19,20)21/h5-8,14H,3-4,9-12H2,1-2H3. The van der Waals surface area contributed by atoms with Crippen LogP contribution in [0.2, 0.25) is 0 Å². The van der Waals surface area contributed by atoms with Gasteiger partial charge >= 0.3 is 11.9 Å². The number of benzene rings is 1. The first-order chi connectivity index (χ1) is 13.6. The average Bonchev–Trinajstić information content (AvgIpc) is 2.98. The molecular formula is C18H23F3N4O3S. The minimum atomic E-state index is -4.73. The Hall–Kier alpha value is -2.14. The van der Waals surface area contributed by atoms with Gasteiger partial charge in [-0.05, 0) is 37.0 Å². The zero-order valence-electron chi connectivity index (χ0n) is 16.2. The molecule has 11 heteroatoms. The van der Waals surface area contributed by atoms with Crippen LogP contribution in [0, 0.1) is 0 Å². The number of aromatic nitrogens is 3. The monoisotopic (exact) mass is 432 g/mol. The lowest BCUT2D eigenvalue weighted by molar-refractivity contribution is -0.147. The van der Waals surface area contributed by atoms with E-state index in [1.807, 2.05) is 6.92 Å². The number of alkyl halides is 3. The highest BCUT2D eigenvalue weighted by atomic mass is 32.2. The second-order valence-electron chi connectivity index (χ2n) is 7.14. The fourth-order valence-electron chi connectivity index (χ4n) is 3.53. The zero-order chi connectivity index (χ0) is 21.4. The highest BCUT2D eigenvalue weighted by molar-refractivity contribution is 7.89. The first-order valence-corrected chi connectivity index (χ1v) is 10.8. The van der Waals surface area contributed by atoms with Crippen molar-refractivity contribution in [3.8, 4) is 0 Å². The van der Waals surface area contributed by atoms with Crippen molar-refractivity contribution in [1.29, 1.82) is 0 Å². The number of piperidine rings is 1. The maximum absolute atomic E-state index is 13.0. The van der Waals surface area contributed by atoms with Gasteiger partial charge in [0.15, 0.2) is 0 Å². The highest BCUT2D eigenvalue weighted by Gasteiger charge is 2.39. The largest absolute Gasteiger partial charge is 0.451 e. The van der Waals surface area contributed by atoms with Gasteiger partial charge in [-0.3, -0.25) is 4.57 Å². The minimum absolute atomic E-state index is 0.105. The summed E-state index contributed by atoms with van der Waals surface area (Å²) in [5.41, 5.74) is 0.199. The molecule has 1 fully saturated rings. The molecule has 0 N–H and O–H groups in total. The van der Waals surface area contributed by atoms with Crippen LogP contribution in [0.25, 0.3) is 0 Å². The topological polar surface area (TPSA) is 77.2 Å². The van der Waals surface area contributed by atoms with Crippen LogP contribution in [0.4, 0.5) is 13.2 Å². The fraction of sp³-hybridized carbons (Fsp3) is 0.556. The van der Waals surface area contributed by atoms with E-state index in [0.29, 0.717) is 4.57 Å². The van der Waals surface area contributed by atoms with Gasteiger partial charge in [0.05, 0.1) is 10.9 Å². The molecule has 0 aliphatic carbocycles. The first-order valence-electron chi connectivity index (χ1n) is 9.37. The Labute approximate surface area is 166 Å². The fourth-order valence-corrected chi connectivity index (χ4v) is 5.00. The molecular weight excluding hydrogens is 409 g/mol. The van der Waals surface area contributed by atoms with Crippen molar-refractivity contribution in [2.24, 2.45) is 7.05 Å². The van der Waals surface area contributed by atoms with E-state index in [0.717, 1.165) is 30.1 Å². The van der Waals surface area contributed by atoms with Crippen molar-refractivity contribution in [3.63, 3.8) is 0 Å². The van der Waals surface area contributed by atoms with Crippen LogP contribution in [0.15, 0.2) is 34.0 Å². The maximum Gasteiger partial charge on any atom is 0.451 e. The number of halogens is 3. The van der Waals surface area contributed by atoms with Crippen LogP contribution in [0.1, 0.15) is 43.6 Å². The number of nitrogens with zero attached hydrogens (tertiary/aromatic N) is 4. The predicted molar refractivity (Wildman–Crippen MR) is 99.9 cm³/mol. The Morgan fingerprint density at radius 2 is 1.72 bits per heavy atom. The Bertz CT molecular complexity index is 1020. The van der Waals surface area contributed by atoms with E-state index in [9.17, 15) is 26.4 Å². The van der Waals surface area contributed by atoms with Gasteiger partial charge in [0.2, 0.25) is 15.8 Å². The molecule has 3 rings (SSSR count). The van der Waals surface area contributed by atoms with E-state index in [4.69, 9.17) is 0 Å². The molecule has 1 aromatic carbocycles. The van der Waals surface area contributed by atoms with E-state index in [1.165, 1.54) is 4.31 Å². The van der Waals surface area contributed by atoms with E-state index < -0.39 is 33.8 Å². The Kier molecular flexibility index (Phi) is 5.91. The summed E-state index contributed by atoms with van der Waals surface area (Å²) >= 11 is 0. The molecule has 0 bridgehead atoms. The van der Waals surface area contributed by atoms with Gasteiger partial charge in [-0.15, -0.1) is 5.10 Å². The molecule has 1 saturated heterocycles. The number of hydrogen-bond acceptors (Lipinski definition) is 4. The van der Waals surface area contributed by atoms with E-state index in [-0.39, 0.29) is 30.8 Å². The third-order valence-electron chi connectivity index (χ3n) is 5.13. The van der Waals surface area contributed by atoms with E-state index in [2.05, 4.69) is 5.10 Å². The highest BCUT2D eigenvalue weighted by Crippen LogP contribution is 2.29. The molecule has 1 aliphatic rings. The molecule has 29 heavy (non-hydrogen) atoms. The number of aryl methyl sites for hydroxylation is 1. The first kappa shape index (κ1) is 21.6. The lowest BCUT2D eigenvalue weighted by Gasteiger charge is -2.30. The van der Waals surface area contributed by atoms with Gasteiger partial charge in [0.1, 0.15) is 0 Å². The Balaban J connectivity index is 1.74. The van der Waals surface area contributed by atoms with Gasteiger partial charge in [0, 0.05) is 20.1 Å². The molecule has 160 valence electrons. The number of sulfonamides is 1. The van der Waals surface area contributed by atoms with Crippen LogP contribution in [0.5, 0.6) is 0 Å².